The van der Waals surface area contributed by atoms with Crippen LogP contribution in [-0.4, -0.2) is 9.97 Å². The van der Waals surface area contributed by atoms with E-state index in [1.54, 1.807) is 0 Å². The number of pyridine rings is 1. The lowest BCUT2D eigenvalue weighted by Gasteiger charge is -2.12. The van der Waals surface area contributed by atoms with Gasteiger partial charge in [-0.15, -0.1) is 0 Å². The molecule has 2 nitrogen and oxygen atoms in total. The van der Waals surface area contributed by atoms with Gasteiger partial charge < -0.3 is 4.98 Å². The summed E-state index contributed by atoms with van der Waals surface area (Å²) in [5.41, 5.74) is 4.93. The van der Waals surface area contributed by atoms with Crippen molar-refractivity contribution in [2.24, 2.45) is 0 Å². The van der Waals surface area contributed by atoms with E-state index in [4.69, 9.17) is 0 Å². The van der Waals surface area contributed by atoms with Crippen molar-refractivity contribution in [3.05, 3.63) is 36.2 Å². The second-order valence-corrected chi connectivity index (χ2v) is 4.11. The first kappa shape index (κ1) is 8.72. The molecule has 0 fully saturated rings. The van der Waals surface area contributed by atoms with Crippen LogP contribution in [0.4, 0.5) is 0 Å². The molecule has 2 aromatic rings. The number of aromatic amines is 1. The average molecular weight is 198 g/mol. The Labute approximate surface area is 89.0 Å². The first-order valence-electron chi connectivity index (χ1n) is 5.56. The standard InChI is InChI=1S/C13H14N2/c1-2-4-10(5-3-1)11-8-13-12(15-9-11)6-7-14-13/h4,6-9,14H,1-3,5H2. The van der Waals surface area contributed by atoms with E-state index >= 15 is 0 Å². The van der Waals surface area contributed by atoms with Gasteiger partial charge in [0.2, 0.25) is 0 Å². The predicted molar refractivity (Wildman–Crippen MR) is 62.5 cm³/mol. The fourth-order valence-corrected chi connectivity index (χ4v) is 2.21. The maximum atomic E-state index is 4.44. The molecule has 0 atom stereocenters. The van der Waals surface area contributed by atoms with E-state index in [0.717, 1.165) is 11.0 Å². The van der Waals surface area contributed by atoms with Crippen LogP contribution in [0.5, 0.6) is 0 Å². The van der Waals surface area contributed by atoms with Crippen LogP contribution in [0.2, 0.25) is 0 Å². The second-order valence-electron chi connectivity index (χ2n) is 4.11. The highest BCUT2D eigenvalue weighted by molar-refractivity contribution is 5.79. The molecule has 3 rings (SSSR count). The molecule has 2 heteroatoms. The first-order valence-corrected chi connectivity index (χ1v) is 5.56. The summed E-state index contributed by atoms with van der Waals surface area (Å²) in [6.07, 6.45) is 11.4. The van der Waals surface area contributed by atoms with Gasteiger partial charge in [0.05, 0.1) is 11.0 Å². The van der Waals surface area contributed by atoms with Crippen molar-refractivity contribution in [3.8, 4) is 0 Å². The molecule has 0 bridgehead atoms. The number of allylic oxidation sites excluding steroid dienone is 2. The summed E-state index contributed by atoms with van der Waals surface area (Å²) in [6.45, 7) is 0. The third-order valence-corrected chi connectivity index (χ3v) is 3.06. The van der Waals surface area contributed by atoms with E-state index < -0.39 is 0 Å². The number of hydrogen-bond acceptors (Lipinski definition) is 1. The van der Waals surface area contributed by atoms with Crippen LogP contribution in [0, 0.1) is 0 Å². The molecule has 1 aliphatic carbocycles. The number of nitrogens with one attached hydrogen (secondary N) is 1. The van der Waals surface area contributed by atoms with Crippen LogP contribution in [0.1, 0.15) is 31.2 Å². The molecule has 0 unspecified atom stereocenters. The van der Waals surface area contributed by atoms with Crippen LogP contribution in [0.15, 0.2) is 30.6 Å². The Morgan fingerprint density at radius 1 is 1.27 bits per heavy atom. The SMILES string of the molecule is C1=C(c2cnc3cc[nH]c3c2)CCCC1. The highest BCUT2D eigenvalue weighted by Gasteiger charge is 2.07. The summed E-state index contributed by atoms with van der Waals surface area (Å²) in [7, 11) is 0. The van der Waals surface area contributed by atoms with Gasteiger partial charge in [0.15, 0.2) is 0 Å². The van der Waals surface area contributed by atoms with Crippen LogP contribution >= 0.6 is 0 Å². The van der Waals surface area contributed by atoms with Gasteiger partial charge in [0, 0.05) is 12.4 Å². The zero-order chi connectivity index (χ0) is 10.1. The molecule has 0 saturated heterocycles. The third kappa shape index (κ3) is 1.56. The van der Waals surface area contributed by atoms with E-state index in [1.807, 2.05) is 18.5 Å². The maximum Gasteiger partial charge on any atom is 0.0879 e. The molecule has 1 N–H and O–H groups in total. The number of aromatic nitrogens is 2. The smallest absolute Gasteiger partial charge is 0.0879 e. The molecule has 0 spiro atoms. The van der Waals surface area contributed by atoms with Crippen LogP contribution in [-0.2, 0) is 0 Å². The van der Waals surface area contributed by atoms with Crippen LogP contribution < -0.4 is 0 Å². The first-order chi connectivity index (χ1) is 7.43. The monoisotopic (exact) mass is 198 g/mol. The zero-order valence-corrected chi connectivity index (χ0v) is 8.66. The quantitative estimate of drug-likeness (QED) is 0.746. The lowest BCUT2D eigenvalue weighted by molar-refractivity contribution is 0.742. The molecule has 15 heavy (non-hydrogen) atoms. The minimum absolute atomic E-state index is 1.05. The molecule has 0 saturated carbocycles. The zero-order valence-electron chi connectivity index (χ0n) is 8.66. The molecule has 2 heterocycles. The largest absolute Gasteiger partial charge is 0.360 e. The Bertz CT molecular complexity index is 508. The van der Waals surface area contributed by atoms with E-state index in [2.05, 4.69) is 22.1 Å². The Balaban J connectivity index is 2.06. The molecule has 0 aliphatic heterocycles. The molecule has 0 radical (unpaired) electrons. The van der Waals surface area contributed by atoms with Gasteiger partial charge in [0.25, 0.3) is 0 Å². The summed E-state index contributed by atoms with van der Waals surface area (Å²) >= 11 is 0. The van der Waals surface area contributed by atoms with Gasteiger partial charge in [-0.2, -0.15) is 0 Å². The highest BCUT2D eigenvalue weighted by atomic mass is 14.7. The molecular weight excluding hydrogens is 184 g/mol. The van der Waals surface area contributed by atoms with Crippen molar-refractivity contribution in [3.63, 3.8) is 0 Å². The predicted octanol–water partition coefficient (Wildman–Crippen LogP) is 3.52. The number of H-pyrrole nitrogens is 1. The second kappa shape index (κ2) is 3.54. The Kier molecular flexibility index (Phi) is 2.05. The molecule has 2 aromatic heterocycles. The fourth-order valence-electron chi connectivity index (χ4n) is 2.21. The fraction of sp³-hybridized carbons (Fsp3) is 0.308. The van der Waals surface area contributed by atoms with Crippen molar-refractivity contribution in [1.82, 2.24) is 9.97 Å². The Hall–Kier alpha value is -1.57. The summed E-state index contributed by atoms with van der Waals surface area (Å²) in [5.74, 6) is 0. The van der Waals surface area contributed by atoms with Crippen molar-refractivity contribution >= 4 is 16.6 Å². The van der Waals surface area contributed by atoms with Crippen LogP contribution in [0.3, 0.4) is 0 Å². The number of fused-ring (bicyclic) bond motifs is 1. The minimum atomic E-state index is 1.05. The topological polar surface area (TPSA) is 28.7 Å². The summed E-state index contributed by atoms with van der Waals surface area (Å²) < 4.78 is 0. The number of rotatable bonds is 1. The lowest BCUT2D eigenvalue weighted by atomic mass is 9.95. The highest BCUT2D eigenvalue weighted by Crippen LogP contribution is 2.27. The van der Waals surface area contributed by atoms with Gasteiger partial charge in [-0.05, 0) is 49.0 Å². The average Bonchev–Trinajstić information content (AvgIpc) is 2.77. The van der Waals surface area contributed by atoms with E-state index in [-0.39, 0.29) is 0 Å². The third-order valence-electron chi connectivity index (χ3n) is 3.06. The Morgan fingerprint density at radius 3 is 3.13 bits per heavy atom. The van der Waals surface area contributed by atoms with Crippen molar-refractivity contribution in [1.29, 1.82) is 0 Å². The number of hydrogen-bond donors (Lipinski definition) is 1. The van der Waals surface area contributed by atoms with Crippen molar-refractivity contribution in [2.45, 2.75) is 25.7 Å². The number of nitrogens with zero attached hydrogens (tertiary/aromatic N) is 1. The van der Waals surface area contributed by atoms with Gasteiger partial charge >= 0.3 is 0 Å². The molecule has 0 aromatic carbocycles. The molecule has 0 amide bonds. The van der Waals surface area contributed by atoms with Gasteiger partial charge in [-0.3, -0.25) is 4.98 Å². The van der Waals surface area contributed by atoms with Crippen molar-refractivity contribution < 1.29 is 0 Å². The van der Waals surface area contributed by atoms with Gasteiger partial charge in [-0.1, -0.05) is 6.08 Å². The van der Waals surface area contributed by atoms with Crippen molar-refractivity contribution in [2.75, 3.05) is 0 Å². The molecule has 76 valence electrons. The lowest BCUT2D eigenvalue weighted by Crippen LogP contribution is -1.92. The van der Waals surface area contributed by atoms with E-state index in [0.29, 0.717) is 0 Å². The Morgan fingerprint density at radius 2 is 2.27 bits per heavy atom. The summed E-state index contributed by atoms with van der Waals surface area (Å²) in [4.78, 5) is 7.65. The van der Waals surface area contributed by atoms with E-state index in [1.165, 1.54) is 36.8 Å². The van der Waals surface area contributed by atoms with Gasteiger partial charge in [0.1, 0.15) is 0 Å². The van der Waals surface area contributed by atoms with E-state index in [9.17, 15) is 0 Å². The van der Waals surface area contributed by atoms with Gasteiger partial charge in [-0.25, -0.2) is 0 Å². The molecule has 1 aliphatic rings. The summed E-state index contributed by atoms with van der Waals surface area (Å²) in [6, 6.07) is 4.22. The van der Waals surface area contributed by atoms with Crippen LogP contribution in [0.25, 0.3) is 16.6 Å². The summed E-state index contributed by atoms with van der Waals surface area (Å²) in [5, 5.41) is 0. The maximum absolute atomic E-state index is 4.44. The minimum Gasteiger partial charge on any atom is -0.360 e. The molecular formula is C13H14N2. The normalized spacial score (nSPS) is 16.7.